The maximum atomic E-state index is 11.6. The number of halogens is 2. The summed E-state index contributed by atoms with van der Waals surface area (Å²) in [4.78, 5) is 53.1. The summed E-state index contributed by atoms with van der Waals surface area (Å²) in [6.45, 7) is 7.04. The van der Waals surface area contributed by atoms with Gasteiger partial charge < -0.3 is 33.6 Å². The first-order valence-electron chi connectivity index (χ1n) is 17.2. The number of ether oxygens (including phenoxy) is 4. The van der Waals surface area contributed by atoms with Crippen molar-refractivity contribution >= 4 is 69.9 Å². The highest BCUT2D eigenvalue weighted by Gasteiger charge is 2.28. The lowest BCUT2D eigenvalue weighted by molar-refractivity contribution is -0.115. The Bertz CT molecular complexity index is 1770. The number of aromatic nitrogens is 8. The van der Waals surface area contributed by atoms with Crippen molar-refractivity contribution in [2.45, 2.75) is 51.0 Å². The third-order valence-corrected chi connectivity index (χ3v) is 9.08. The van der Waals surface area contributed by atoms with Gasteiger partial charge in [0.25, 0.3) is 0 Å². The predicted molar refractivity (Wildman–Crippen MR) is 190 cm³/mol. The SMILES string of the molecule is CN(C)C=O.Clc1nc(N2CCOCC2)c2ncn(C3CCCCO3)c2n1.O=Cc1nc2c(N3CCOCC3)nc(Cl)nc2n1C1CCCCO1. The minimum atomic E-state index is -0.243. The van der Waals surface area contributed by atoms with E-state index in [9.17, 15) is 9.59 Å². The zero-order valence-electron chi connectivity index (χ0n) is 28.8. The van der Waals surface area contributed by atoms with Gasteiger partial charge in [-0.3, -0.25) is 18.7 Å². The molecule has 0 saturated carbocycles. The van der Waals surface area contributed by atoms with Gasteiger partial charge in [0.1, 0.15) is 12.5 Å². The molecular formula is C32H43Cl2N11O6. The lowest BCUT2D eigenvalue weighted by Gasteiger charge is -2.28. The topological polar surface area (TPSA) is 168 Å². The minimum absolute atomic E-state index is 0.0118. The Labute approximate surface area is 305 Å². The molecule has 0 spiro atoms. The Morgan fingerprint density at radius 2 is 1.24 bits per heavy atom. The highest BCUT2D eigenvalue weighted by atomic mass is 35.5. The van der Waals surface area contributed by atoms with Crippen molar-refractivity contribution in [3.8, 4) is 0 Å². The number of morpholine rings is 2. The van der Waals surface area contributed by atoms with Gasteiger partial charge in [-0.15, -0.1) is 0 Å². The molecule has 0 aromatic carbocycles. The van der Waals surface area contributed by atoms with Crippen molar-refractivity contribution < 1.29 is 28.5 Å². The first kappa shape index (κ1) is 37.0. The van der Waals surface area contributed by atoms with E-state index in [1.807, 2.05) is 4.57 Å². The number of nitrogens with zero attached hydrogens (tertiary/aromatic N) is 11. The Kier molecular flexibility index (Phi) is 12.8. The first-order chi connectivity index (χ1) is 24.9. The molecule has 4 saturated heterocycles. The van der Waals surface area contributed by atoms with Crippen LogP contribution in [0.15, 0.2) is 6.33 Å². The van der Waals surface area contributed by atoms with Gasteiger partial charge in [-0.1, -0.05) is 0 Å². The molecule has 2 atom stereocenters. The molecule has 4 aliphatic rings. The molecule has 4 fully saturated rings. The number of carbonyl (C=O) groups is 2. The molecule has 2 unspecified atom stereocenters. The van der Waals surface area contributed by atoms with Gasteiger partial charge in [0.05, 0.1) is 32.8 Å². The number of aldehydes is 1. The first-order valence-corrected chi connectivity index (χ1v) is 17.9. The van der Waals surface area contributed by atoms with E-state index in [1.165, 1.54) is 4.90 Å². The van der Waals surface area contributed by atoms with Gasteiger partial charge in [-0.2, -0.15) is 19.9 Å². The number of fused-ring (bicyclic) bond motifs is 2. The highest BCUT2D eigenvalue weighted by molar-refractivity contribution is 6.29. The summed E-state index contributed by atoms with van der Waals surface area (Å²) in [7, 11) is 3.38. The second-order valence-corrected chi connectivity index (χ2v) is 13.2. The number of anilines is 2. The van der Waals surface area contributed by atoms with Gasteiger partial charge in [0, 0.05) is 53.5 Å². The Hall–Kier alpha value is -3.74. The van der Waals surface area contributed by atoms with Crippen molar-refractivity contribution in [3.63, 3.8) is 0 Å². The number of hydrogen-bond donors (Lipinski definition) is 0. The zero-order chi connectivity index (χ0) is 35.7. The zero-order valence-corrected chi connectivity index (χ0v) is 30.3. The van der Waals surface area contributed by atoms with Crippen LogP contribution >= 0.6 is 23.2 Å². The van der Waals surface area contributed by atoms with Crippen LogP contribution in [0.2, 0.25) is 10.6 Å². The lowest BCUT2D eigenvalue weighted by atomic mass is 10.2. The second kappa shape index (κ2) is 17.7. The number of imidazole rings is 2. The smallest absolute Gasteiger partial charge is 0.226 e. The summed E-state index contributed by atoms with van der Waals surface area (Å²) in [6, 6.07) is 0. The average molecular weight is 749 g/mol. The van der Waals surface area contributed by atoms with E-state index in [0.717, 1.165) is 87.9 Å². The van der Waals surface area contributed by atoms with Crippen LogP contribution in [0.5, 0.6) is 0 Å². The van der Waals surface area contributed by atoms with Crippen LogP contribution in [-0.4, -0.2) is 137 Å². The summed E-state index contributed by atoms with van der Waals surface area (Å²) < 4.78 is 26.2. The standard InChI is InChI=1S/C15H18ClN5O3.C14H18ClN5O2.C3H7NO/c16-15-18-13(20-4-7-23-8-5-20)12-14(19-15)21(10(9-22)17-12)11-3-1-2-6-24-11;15-14-17-12(19-4-7-21-8-5-19)11-13(18-14)20(9-16-11)10-3-1-2-6-22-10;1-4(2)3-5/h9,11H,1-8H2;9-10H,1-8H2;3H,1-2H3. The molecule has 51 heavy (non-hydrogen) atoms. The van der Waals surface area contributed by atoms with Crippen molar-refractivity contribution in [2.75, 3.05) is 89.7 Å². The normalized spacial score (nSPS) is 21.0. The fourth-order valence-corrected chi connectivity index (χ4v) is 6.59. The molecule has 1 amide bonds. The summed E-state index contributed by atoms with van der Waals surface area (Å²) in [5.74, 6) is 1.72. The van der Waals surface area contributed by atoms with Crippen molar-refractivity contribution in [3.05, 3.63) is 22.7 Å². The van der Waals surface area contributed by atoms with Crippen LogP contribution in [0, 0.1) is 0 Å². The summed E-state index contributed by atoms with van der Waals surface area (Å²) in [5, 5.41) is 0.380. The van der Waals surface area contributed by atoms with E-state index in [1.54, 1.807) is 25.0 Å². The molecule has 0 bridgehead atoms. The molecule has 17 nitrogen and oxygen atoms in total. The van der Waals surface area contributed by atoms with E-state index in [-0.39, 0.29) is 23.0 Å². The van der Waals surface area contributed by atoms with E-state index >= 15 is 0 Å². The third kappa shape index (κ3) is 8.84. The van der Waals surface area contributed by atoms with E-state index in [4.69, 9.17) is 42.1 Å². The van der Waals surface area contributed by atoms with E-state index in [0.29, 0.717) is 68.9 Å². The largest absolute Gasteiger partial charge is 0.378 e. The van der Waals surface area contributed by atoms with Gasteiger partial charge in [-0.25, -0.2) is 9.97 Å². The molecule has 4 aromatic rings. The van der Waals surface area contributed by atoms with Crippen molar-refractivity contribution in [1.29, 1.82) is 0 Å². The maximum Gasteiger partial charge on any atom is 0.226 e. The van der Waals surface area contributed by atoms with Crippen LogP contribution < -0.4 is 9.80 Å². The number of rotatable bonds is 6. The van der Waals surface area contributed by atoms with E-state index < -0.39 is 0 Å². The van der Waals surface area contributed by atoms with Crippen LogP contribution in [0.25, 0.3) is 22.3 Å². The third-order valence-electron chi connectivity index (χ3n) is 8.74. The Balaban J connectivity index is 0.000000156. The lowest BCUT2D eigenvalue weighted by Crippen LogP contribution is -2.37. The summed E-state index contributed by atoms with van der Waals surface area (Å²) in [5.41, 5.74) is 2.65. The Morgan fingerprint density at radius 3 is 1.75 bits per heavy atom. The molecule has 4 aromatic heterocycles. The number of amides is 1. The van der Waals surface area contributed by atoms with Crippen LogP contribution in [0.1, 0.15) is 61.6 Å². The van der Waals surface area contributed by atoms with Gasteiger partial charge in [0.15, 0.2) is 46.1 Å². The molecule has 8 heterocycles. The molecule has 8 rings (SSSR count). The molecule has 4 aliphatic heterocycles. The summed E-state index contributed by atoms with van der Waals surface area (Å²) >= 11 is 12.3. The second-order valence-electron chi connectivity index (χ2n) is 12.5. The number of carbonyl (C=O) groups excluding carboxylic acids is 2. The number of hydrogen-bond acceptors (Lipinski definition) is 14. The fourth-order valence-electron chi connectivity index (χ4n) is 6.27. The fraction of sp³-hybridized carbons (Fsp3) is 0.625. The van der Waals surface area contributed by atoms with Gasteiger partial charge >= 0.3 is 0 Å². The molecule has 0 aliphatic carbocycles. The molecule has 19 heteroatoms. The van der Waals surface area contributed by atoms with E-state index in [2.05, 4.69) is 39.7 Å². The van der Waals surface area contributed by atoms with Crippen LogP contribution in [-0.2, 0) is 23.7 Å². The highest BCUT2D eigenvalue weighted by Crippen LogP contribution is 2.33. The molecular weight excluding hydrogens is 705 g/mol. The monoisotopic (exact) mass is 747 g/mol. The predicted octanol–water partition coefficient (Wildman–Crippen LogP) is 3.55. The van der Waals surface area contributed by atoms with Crippen molar-refractivity contribution in [2.24, 2.45) is 0 Å². The molecule has 0 radical (unpaired) electrons. The average Bonchev–Trinajstić information content (AvgIpc) is 3.77. The maximum absolute atomic E-state index is 11.6. The minimum Gasteiger partial charge on any atom is -0.378 e. The summed E-state index contributed by atoms with van der Waals surface area (Å²) in [6.07, 6.45) is 9.13. The van der Waals surface area contributed by atoms with Crippen molar-refractivity contribution in [1.82, 2.24) is 43.9 Å². The van der Waals surface area contributed by atoms with Gasteiger partial charge in [0.2, 0.25) is 17.0 Å². The van der Waals surface area contributed by atoms with Crippen LogP contribution in [0.3, 0.4) is 0 Å². The quantitative estimate of drug-likeness (QED) is 0.207. The van der Waals surface area contributed by atoms with Crippen LogP contribution in [0.4, 0.5) is 11.6 Å². The Morgan fingerprint density at radius 1 is 0.706 bits per heavy atom. The molecule has 0 N–H and O–H groups in total. The van der Waals surface area contributed by atoms with Gasteiger partial charge in [-0.05, 0) is 61.7 Å². The molecule has 276 valence electrons.